The van der Waals surface area contributed by atoms with Crippen LogP contribution in [0.15, 0.2) is 48.7 Å². The average molecular weight is 336 g/mol. The molecule has 3 aromatic rings. The zero-order valence-electron chi connectivity index (χ0n) is 14.2. The second kappa shape index (κ2) is 6.03. The number of aromatic amines is 1. The number of benzene rings is 2. The molecule has 0 spiro atoms. The van der Waals surface area contributed by atoms with Crippen LogP contribution < -0.4 is 5.32 Å². The van der Waals surface area contributed by atoms with Crippen molar-refractivity contribution >= 4 is 16.8 Å². The zero-order valence-corrected chi connectivity index (χ0v) is 14.2. The molecule has 1 aromatic heterocycles. The number of nitrogens with one attached hydrogen (secondary N) is 2. The van der Waals surface area contributed by atoms with Crippen LogP contribution in [0.1, 0.15) is 29.5 Å². The molecule has 0 atom stereocenters. The summed E-state index contributed by atoms with van der Waals surface area (Å²) in [6, 6.07) is 12.8. The minimum absolute atomic E-state index is 0.0288. The van der Waals surface area contributed by atoms with Crippen LogP contribution in [0.4, 0.5) is 4.39 Å². The van der Waals surface area contributed by atoms with E-state index in [1.54, 1.807) is 12.1 Å². The number of carbonyl (C=O) groups is 1. The highest BCUT2D eigenvalue weighted by Gasteiger charge is 2.45. The van der Waals surface area contributed by atoms with Gasteiger partial charge >= 0.3 is 0 Å². The Bertz CT molecular complexity index is 923. The fourth-order valence-electron chi connectivity index (χ4n) is 3.45. The first-order valence-electron chi connectivity index (χ1n) is 8.65. The van der Waals surface area contributed by atoms with Crippen LogP contribution in [0.25, 0.3) is 10.9 Å². The number of hydrogen-bond acceptors (Lipinski definition) is 1. The van der Waals surface area contributed by atoms with Gasteiger partial charge in [-0.2, -0.15) is 0 Å². The van der Waals surface area contributed by atoms with E-state index in [9.17, 15) is 9.18 Å². The number of amides is 1. The van der Waals surface area contributed by atoms with Gasteiger partial charge in [0.2, 0.25) is 5.91 Å². The Morgan fingerprint density at radius 1 is 1.20 bits per heavy atom. The quantitative estimate of drug-likeness (QED) is 0.726. The molecule has 1 aliphatic carbocycles. The monoisotopic (exact) mass is 336 g/mol. The number of hydrogen-bond donors (Lipinski definition) is 2. The lowest BCUT2D eigenvalue weighted by Gasteiger charge is -2.16. The van der Waals surface area contributed by atoms with Crippen molar-refractivity contribution in [3.05, 3.63) is 71.2 Å². The van der Waals surface area contributed by atoms with Crippen LogP contribution in [0.2, 0.25) is 0 Å². The summed E-state index contributed by atoms with van der Waals surface area (Å²) >= 11 is 0. The topological polar surface area (TPSA) is 44.9 Å². The first-order valence-corrected chi connectivity index (χ1v) is 8.65. The number of carbonyl (C=O) groups excluding carboxylic acids is 1. The standard InChI is InChI=1S/C21H21FN2O/c1-14-2-4-15(5-3-14)10-20(25)24-13-21(8-9-21)18-12-23-19-7-6-16(22)11-17(18)19/h2-7,11-12,23H,8-10,13H2,1H3,(H,24,25). The Labute approximate surface area is 146 Å². The van der Waals surface area contributed by atoms with E-state index in [4.69, 9.17) is 0 Å². The van der Waals surface area contributed by atoms with E-state index in [0.29, 0.717) is 13.0 Å². The number of H-pyrrole nitrogens is 1. The van der Waals surface area contributed by atoms with Gasteiger partial charge < -0.3 is 10.3 Å². The van der Waals surface area contributed by atoms with Crippen molar-refractivity contribution in [2.24, 2.45) is 0 Å². The maximum atomic E-state index is 13.6. The molecule has 1 amide bonds. The molecule has 1 fully saturated rings. The van der Waals surface area contributed by atoms with Gasteiger partial charge in [-0.15, -0.1) is 0 Å². The number of fused-ring (bicyclic) bond motifs is 1. The summed E-state index contributed by atoms with van der Waals surface area (Å²) in [5, 5.41) is 3.99. The van der Waals surface area contributed by atoms with Crippen molar-refractivity contribution in [2.45, 2.75) is 31.6 Å². The molecule has 4 rings (SSSR count). The smallest absolute Gasteiger partial charge is 0.224 e. The molecular formula is C21H21FN2O. The molecule has 1 aliphatic rings. The molecular weight excluding hydrogens is 315 g/mol. The summed E-state index contributed by atoms with van der Waals surface area (Å²) in [6.45, 7) is 2.63. The lowest BCUT2D eigenvalue weighted by molar-refractivity contribution is -0.120. The van der Waals surface area contributed by atoms with Crippen molar-refractivity contribution in [2.75, 3.05) is 6.54 Å². The zero-order chi connectivity index (χ0) is 17.4. The Balaban J connectivity index is 1.45. The molecule has 0 bridgehead atoms. The molecule has 0 unspecified atom stereocenters. The minimum Gasteiger partial charge on any atom is -0.361 e. The van der Waals surface area contributed by atoms with Crippen LogP contribution in [-0.4, -0.2) is 17.4 Å². The molecule has 0 aliphatic heterocycles. The largest absolute Gasteiger partial charge is 0.361 e. The molecule has 1 heterocycles. The third kappa shape index (κ3) is 3.16. The van der Waals surface area contributed by atoms with E-state index in [2.05, 4.69) is 10.3 Å². The summed E-state index contributed by atoms with van der Waals surface area (Å²) in [5.74, 6) is -0.200. The van der Waals surface area contributed by atoms with Gasteiger partial charge in [-0.05, 0) is 49.1 Å². The fourth-order valence-corrected chi connectivity index (χ4v) is 3.45. The van der Waals surface area contributed by atoms with Crippen LogP contribution in [0, 0.1) is 12.7 Å². The Morgan fingerprint density at radius 2 is 1.96 bits per heavy atom. The van der Waals surface area contributed by atoms with Gasteiger partial charge in [-0.1, -0.05) is 29.8 Å². The lowest BCUT2D eigenvalue weighted by Crippen LogP contribution is -2.33. The van der Waals surface area contributed by atoms with Crippen LogP contribution in [0.5, 0.6) is 0 Å². The summed E-state index contributed by atoms with van der Waals surface area (Å²) in [7, 11) is 0. The van der Waals surface area contributed by atoms with E-state index in [0.717, 1.165) is 34.9 Å². The summed E-state index contributed by atoms with van der Waals surface area (Å²) in [6.07, 6.45) is 4.38. The van der Waals surface area contributed by atoms with Gasteiger partial charge in [0.25, 0.3) is 0 Å². The SMILES string of the molecule is Cc1ccc(CC(=O)NCC2(c3c[nH]c4ccc(F)cc34)CC2)cc1. The van der Waals surface area contributed by atoms with Gasteiger partial charge in [-0.3, -0.25) is 4.79 Å². The third-order valence-electron chi connectivity index (χ3n) is 5.18. The molecule has 2 aromatic carbocycles. The fraction of sp³-hybridized carbons (Fsp3) is 0.286. The van der Waals surface area contributed by atoms with E-state index in [1.165, 1.54) is 11.6 Å². The van der Waals surface area contributed by atoms with Crippen LogP contribution in [-0.2, 0) is 16.6 Å². The van der Waals surface area contributed by atoms with Crippen molar-refractivity contribution in [1.29, 1.82) is 0 Å². The average Bonchev–Trinajstić information content (AvgIpc) is 3.27. The first kappa shape index (κ1) is 15.9. The molecule has 2 N–H and O–H groups in total. The van der Waals surface area contributed by atoms with E-state index in [1.807, 2.05) is 37.4 Å². The predicted molar refractivity (Wildman–Crippen MR) is 97.1 cm³/mol. The van der Waals surface area contributed by atoms with Crippen LogP contribution >= 0.6 is 0 Å². The predicted octanol–water partition coefficient (Wildman–Crippen LogP) is 4.01. The number of rotatable bonds is 5. The van der Waals surface area contributed by atoms with Crippen molar-refractivity contribution in [1.82, 2.24) is 10.3 Å². The van der Waals surface area contributed by atoms with Gasteiger partial charge in [0, 0.05) is 29.1 Å². The molecule has 0 radical (unpaired) electrons. The van der Waals surface area contributed by atoms with E-state index < -0.39 is 0 Å². The van der Waals surface area contributed by atoms with Crippen molar-refractivity contribution in [3.8, 4) is 0 Å². The molecule has 128 valence electrons. The van der Waals surface area contributed by atoms with Gasteiger partial charge in [-0.25, -0.2) is 4.39 Å². The second-order valence-corrected chi connectivity index (χ2v) is 7.11. The number of aryl methyl sites for hydroxylation is 1. The van der Waals surface area contributed by atoms with E-state index in [-0.39, 0.29) is 17.1 Å². The Morgan fingerprint density at radius 3 is 2.68 bits per heavy atom. The highest BCUT2D eigenvalue weighted by Crippen LogP contribution is 2.50. The summed E-state index contributed by atoms with van der Waals surface area (Å²) < 4.78 is 13.6. The highest BCUT2D eigenvalue weighted by atomic mass is 19.1. The molecule has 1 saturated carbocycles. The summed E-state index contributed by atoms with van der Waals surface area (Å²) in [5.41, 5.74) is 4.19. The molecule has 25 heavy (non-hydrogen) atoms. The Kier molecular flexibility index (Phi) is 3.83. The maximum Gasteiger partial charge on any atom is 0.224 e. The van der Waals surface area contributed by atoms with Crippen molar-refractivity contribution < 1.29 is 9.18 Å². The van der Waals surface area contributed by atoms with E-state index >= 15 is 0 Å². The van der Waals surface area contributed by atoms with Gasteiger partial charge in [0.15, 0.2) is 0 Å². The molecule has 0 saturated heterocycles. The maximum absolute atomic E-state index is 13.6. The Hall–Kier alpha value is -2.62. The molecule has 4 heteroatoms. The van der Waals surface area contributed by atoms with Gasteiger partial charge in [0.1, 0.15) is 5.82 Å². The molecule has 3 nitrogen and oxygen atoms in total. The first-order chi connectivity index (χ1) is 12.1. The number of halogens is 1. The second-order valence-electron chi connectivity index (χ2n) is 7.11. The summed E-state index contributed by atoms with van der Waals surface area (Å²) in [4.78, 5) is 15.5. The normalized spacial score (nSPS) is 15.3. The highest BCUT2D eigenvalue weighted by molar-refractivity contribution is 5.85. The minimum atomic E-state index is -0.229. The third-order valence-corrected chi connectivity index (χ3v) is 5.18. The van der Waals surface area contributed by atoms with Gasteiger partial charge in [0.05, 0.1) is 6.42 Å². The number of aromatic nitrogens is 1. The van der Waals surface area contributed by atoms with Crippen LogP contribution in [0.3, 0.4) is 0 Å². The lowest BCUT2D eigenvalue weighted by atomic mass is 9.95. The van der Waals surface area contributed by atoms with Crippen molar-refractivity contribution in [3.63, 3.8) is 0 Å².